The molecule has 27 heavy (non-hydrogen) atoms. The van der Waals surface area contributed by atoms with Crippen LogP contribution in [-0.2, 0) is 14.8 Å². The van der Waals surface area contributed by atoms with Crippen LogP contribution >= 0.6 is 0 Å². The van der Waals surface area contributed by atoms with Gasteiger partial charge in [0, 0.05) is 46.0 Å². The summed E-state index contributed by atoms with van der Waals surface area (Å²) >= 11 is 0. The molecule has 0 saturated carbocycles. The Hall–Kier alpha value is -2.33. The van der Waals surface area contributed by atoms with Crippen LogP contribution in [-0.4, -0.2) is 81.4 Å². The Morgan fingerprint density at radius 2 is 1.74 bits per heavy atom. The van der Waals surface area contributed by atoms with Crippen molar-refractivity contribution in [2.45, 2.75) is 18.2 Å². The normalized spacial score (nSPS) is 15.1. The van der Waals surface area contributed by atoms with Crippen molar-refractivity contribution in [1.29, 1.82) is 0 Å². The third-order valence-corrected chi connectivity index (χ3v) is 6.10. The lowest BCUT2D eigenvalue weighted by Gasteiger charge is -2.34. The van der Waals surface area contributed by atoms with Crippen molar-refractivity contribution >= 4 is 27.7 Å². The fourth-order valence-electron chi connectivity index (χ4n) is 2.63. The zero-order valence-electron chi connectivity index (χ0n) is 15.8. The van der Waals surface area contributed by atoms with Crippen molar-refractivity contribution in [1.82, 2.24) is 14.1 Å². The SMILES string of the molecule is CCCOC(=O)N1CCN(C(=O)c2cc(S(=O)(=O)N(C)C)ccc2N)CC1. The Labute approximate surface area is 159 Å². The van der Waals surface area contributed by atoms with Crippen LogP contribution in [0, 0.1) is 0 Å². The lowest BCUT2D eigenvalue weighted by molar-refractivity contribution is 0.0561. The fraction of sp³-hybridized carbons (Fsp3) is 0.529. The van der Waals surface area contributed by atoms with Gasteiger partial charge in [0.15, 0.2) is 0 Å². The number of anilines is 1. The molecule has 2 N–H and O–H groups in total. The maximum absolute atomic E-state index is 12.8. The van der Waals surface area contributed by atoms with E-state index in [4.69, 9.17) is 10.5 Å². The lowest BCUT2D eigenvalue weighted by Crippen LogP contribution is -2.50. The second-order valence-corrected chi connectivity index (χ2v) is 8.58. The first kappa shape index (κ1) is 21.0. The van der Waals surface area contributed by atoms with Gasteiger partial charge in [-0.2, -0.15) is 0 Å². The number of benzene rings is 1. The van der Waals surface area contributed by atoms with Crippen LogP contribution in [0.25, 0.3) is 0 Å². The number of nitrogens with zero attached hydrogens (tertiary/aromatic N) is 3. The minimum Gasteiger partial charge on any atom is -0.449 e. The Morgan fingerprint density at radius 1 is 1.15 bits per heavy atom. The van der Waals surface area contributed by atoms with Gasteiger partial charge in [-0.3, -0.25) is 4.79 Å². The lowest BCUT2D eigenvalue weighted by atomic mass is 10.1. The average molecular weight is 398 g/mol. The number of carbonyl (C=O) groups excluding carboxylic acids is 2. The van der Waals surface area contributed by atoms with Crippen LogP contribution in [0.3, 0.4) is 0 Å². The first-order valence-corrected chi connectivity index (χ1v) is 10.2. The van der Waals surface area contributed by atoms with Gasteiger partial charge < -0.3 is 20.3 Å². The molecule has 1 fully saturated rings. The topological polar surface area (TPSA) is 113 Å². The van der Waals surface area contributed by atoms with Gasteiger partial charge in [-0.15, -0.1) is 0 Å². The van der Waals surface area contributed by atoms with Crippen molar-refractivity contribution < 1.29 is 22.7 Å². The minimum atomic E-state index is -3.67. The van der Waals surface area contributed by atoms with Gasteiger partial charge in [0.1, 0.15) is 0 Å². The van der Waals surface area contributed by atoms with Crippen molar-refractivity contribution in [3.63, 3.8) is 0 Å². The third-order valence-electron chi connectivity index (χ3n) is 4.29. The second-order valence-electron chi connectivity index (χ2n) is 6.43. The molecule has 0 aromatic heterocycles. The molecule has 0 aliphatic carbocycles. The van der Waals surface area contributed by atoms with E-state index in [0.29, 0.717) is 32.8 Å². The number of rotatable bonds is 5. The highest BCUT2D eigenvalue weighted by molar-refractivity contribution is 7.89. The van der Waals surface area contributed by atoms with Crippen LogP contribution in [0.4, 0.5) is 10.5 Å². The van der Waals surface area contributed by atoms with Crippen molar-refractivity contribution in [3.05, 3.63) is 23.8 Å². The highest BCUT2D eigenvalue weighted by Crippen LogP contribution is 2.22. The Bertz CT molecular complexity index is 802. The summed E-state index contributed by atoms with van der Waals surface area (Å²) in [5, 5.41) is 0. The van der Waals surface area contributed by atoms with E-state index in [9.17, 15) is 18.0 Å². The number of hydrogen-bond acceptors (Lipinski definition) is 6. The molecular formula is C17H26N4O5S. The number of nitrogen functional groups attached to an aromatic ring is 1. The molecule has 0 spiro atoms. The monoisotopic (exact) mass is 398 g/mol. The summed E-state index contributed by atoms with van der Waals surface area (Å²) in [4.78, 5) is 27.8. The smallest absolute Gasteiger partial charge is 0.409 e. The molecule has 1 aliphatic heterocycles. The van der Waals surface area contributed by atoms with Crippen LogP contribution in [0.5, 0.6) is 0 Å². The number of nitrogens with two attached hydrogens (primary N) is 1. The summed E-state index contributed by atoms with van der Waals surface area (Å²) in [6.45, 7) is 3.63. The third kappa shape index (κ3) is 4.69. The van der Waals surface area contributed by atoms with Gasteiger partial charge >= 0.3 is 6.09 Å². The molecule has 0 bridgehead atoms. The molecule has 1 aromatic carbocycles. The molecule has 150 valence electrons. The predicted octanol–water partition coefficient (Wildman–Crippen LogP) is 0.824. The molecule has 10 heteroatoms. The summed E-state index contributed by atoms with van der Waals surface area (Å²) in [5.74, 6) is -0.357. The number of ether oxygens (including phenoxy) is 1. The van der Waals surface area contributed by atoms with E-state index in [1.165, 1.54) is 32.3 Å². The standard InChI is InChI=1S/C17H26N4O5S/c1-4-11-26-17(23)21-9-7-20(8-10-21)16(22)14-12-13(5-6-15(14)18)27(24,25)19(2)3/h5-6,12H,4,7-11,18H2,1-3H3. The maximum atomic E-state index is 12.8. The van der Waals surface area contributed by atoms with Crippen molar-refractivity contribution in [2.24, 2.45) is 0 Å². The molecule has 0 atom stereocenters. The van der Waals surface area contributed by atoms with Crippen molar-refractivity contribution in [3.8, 4) is 0 Å². The van der Waals surface area contributed by atoms with Gasteiger partial charge in [-0.1, -0.05) is 6.92 Å². The number of sulfonamides is 1. The molecule has 1 saturated heterocycles. The quantitative estimate of drug-likeness (QED) is 0.735. The largest absolute Gasteiger partial charge is 0.449 e. The van der Waals surface area contributed by atoms with Gasteiger partial charge in [0.2, 0.25) is 10.0 Å². The zero-order valence-corrected chi connectivity index (χ0v) is 16.7. The van der Waals surface area contributed by atoms with Gasteiger partial charge in [0.05, 0.1) is 17.1 Å². The Kier molecular flexibility index (Phi) is 6.66. The average Bonchev–Trinajstić information content (AvgIpc) is 2.65. The molecule has 2 amide bonds. The summed E-state index contributed by atoms with van der Waals surface area (Å²) in [7, 11) is -0.830. The van der Waals surface area contributed by atoms with Gasteiger partial charge in [0.25, 0.3) is 5.91 Å². The van der Waals surface area contributed by atoms with Crippen LogP contribution < -0.4 is 5.73 Å². The zero-order chi connectivity index (χ0) is 20.2. The summed E-state index contributed by atoms with van der Waals surface area (Å²) < 4.78 is 30.8. The fourth-order valence-corrected chi connectivity index (χ4v) is 3.56. The van der Waals surface area contributed by atoms with E-state index >= 15 is 0 Å². The van der Waals surface area contributed by atoms with E-state index in [1.807, 2.05) is 6.92 Å². The first-order chi connectivity index (χ1) is 12.7. The van der Waals surface area contributed by atoms with E-state index < -0.39 is 10.0 Å². The highest BCUT2D eigenvalue weighted by atomic mass is 32.2. The number of hydrogen-bond donors (Lipinski definition) is 1. The summed E-state index contributed by atoms with van der Waals surface area (Å²) in [6, 6.07) is 4.10. The Morgan fingerprint density at radius 3 is 2.30 bits per heavy atom. The van der Waals surface area contributed by atoms with E-state index in [0.717, 1.165) is 10.7 Å². The molecule has 9 nitrogen and oxygen atoms in total. The molecule has 2 rings (SSSR count). The van der Waals surface area contributed by atoms with Gasteiger partial charge in [-0.25, -0.2) is 17.5 Å². The molecule has 1 aromatic rings. The molecule has 0 unspecified atom stereocenters. The van der Waals surface area contributed by atoms with Crippen LogP contribution in [0.1, 0.15) is 23.7 Å². The number of piperazine rings is 1. The van der Waals surface area contributed by atoms with Gasteiger partial charge in [-0.05, 0) is 24.6 Å². The molecule has 1 heterocycles. The molecule has 0 radical (unpaired) electrons. The summed E-state index contributed by atoms with van der Waals surface area (Å²) in [6.07, 6.45) is 0.359. The van der Waals surface area contributed by atoms with E-state index in [2.05, 4.69) is 0 Å². The summed E-state index contributed by atoms with van der Waals surface area (Å²) in [5.41, 5.74) is 6.26. The predicted molar refractivity (Wildman–Crippen MR) is 101 cm³/mol. The maximum Gasteiger partial charge on any atom is 0.409 e. The first-order valence-electron chi connectivity index (χ1n) is 8.71. The number of amides is 2. The van der Waals surface area contributed by atoms with E-state index in [-0.39, 0.29) is 28.1 Å². The Balaban J connectivity index is 2.12. The highest BCUT2D eigenvalue weighted by Gasteiger charge is 2.28. The molecular weight excluding hydrogens is 372 g/mol. The van der Waals surface area contributed by atoms with Crippen LogP contribution in [0.15, 0.2) is 23.1 Å². The van der Waals surface area contributed by atoms with E-state index in [1.54, 1.807) is 9.80 Å². The van der Waals surface area contributed by atoms with Crippen molar-refractivity contribution in [2.75, 3.05) is 52.6 Å². The number of carbonyl (C=O) groups is 2. The minimum absolute atomic E-state index is 0.00632. The molecule has 1 aliphatic rings. The van der Waals surface area contributed by atoms with Crippen LogP contribution in [0.2, 0.25) is 0 Å². The second kappa shape index (κ2) is 8.57.